The molecule has 118 valence electrons. The predicted octanol–water partition coefficient (Wildman–Crippen LogP) is 3.28. The molecule has 0 radical (unpaired) electrons. The molecule has 1 aliphatic rings. The molecule has 0 saturated carbocycles. The van der Waals surface area contributed by atoms with Crippen LogP contribution in [0.5, 0.6) is 0 Å². The van der Waals surface area contributed by atoms with Gasteiger partial charge < -0.3 is 5.32 Å². The maximum absolute atomic E-state index is 12.2. The van der Waals surface area contributed by atoms with Gasteiger partial charge in [0.05, 0.1) is 28.6 Å². The molecule has 1 aromatic carbocycles. The number of aryl methyl sites for hydroxylation is 1. The topological polar surface area (TPSA) is 64.0 Å². The molecule has 0 amide bonds. The Morgan fingerprint density at radius 1 is 1.45 bits per heavy atom. The first-order valence-corrected chi connectivity index (χ1v) is 9.34. The highest BCUT2D eigenvalue weighted by Gasteiger charge is 2.30. The minimum atomic E-state index is -3.21. The summed E-state index contributed by atoms with van der Waals surface area (Å²) in [7, 11) is -3.21. The van der Waals surface area contributed by atoms with E-state index in [0.717, 1.165) is 24.2 Å². The van der Waals surface area contributed by atoms with Gasteiger partial charge in [-0.2, -0.15) is 5.10 Å². The van der Waals surface area contributed by atoms with Crippen LogP contribution in [0, 0.1) is 0 Å². The lowest BCUT2D eigenvalue weighted by Crippen LogP contribution is -2.24. The highest BCUT2D eigenvalue weighted by Crippen LogP contribution is 2.35. The molecule has 0 bridgehead atoms. The van der Waals surface area contributed by atoms with Gasteiger partial charge in [0.1, 0.15) is 0 Å². The molecule has 1 N–H and O–H groups in total. The molecule has 3 rings (SSSR count). The second-order valence-corrected chi connectivity index (χ2v) is 7.99. The summed E-state index contributed by atoms with van der Waals surface area (Å²) in [6, 6.07) is 4.89. The van der Waals surface area contributed by atoms with Crippen LogP contribution in [0.25, 0.3) is 0 Å². The molecule has 5 nitrogen and oxygen atoms in total. The van der Waals surface area contributed by atoms with Crippen LogP contribution in [0.3, 0.4) is 0 Å². The molecule has 0 spiro atoms. The van der Waals surface area contributed by atoms with Gasteiger partial charge in [-0.25, -0.2) is 8.42 Å². The Morgan fingerprint density at radius 3 is 3.05 bits per heavy atom. The van der Waals surface area contributed by atoms with Gasteiger partial charge in [-0.15, -0.1) is 0 Å². The molecular formula is C15H18ClN3O2S. The minimum absolute atomic E-state index is 0.0727. The van der Waals surface area contributed by atoms with Crippen molar-refractivity contribution in [1.82, 2.24) is 9.78 Å². The van der Waals surface area contributed by atoms with Gasteiger partial charge in [-0.3, -0.25) is 4.68 Å². The Hall–Kier alpha value is -1.53. The molecule has 1 atom stereocenters. The Bertz CT molecular complexity index is 786. The SMILES string of the molecule is CCCn1cc(N[C@H]2CCS(=O)(=O)c3ccc(Cl)cc32)cn1. The molecule has 0 saturated heterocycles. The van der Waals surface area contributed by atoms with Crippen LogP contribution >= 0.6 is 11.6 Å². The summed E-state index contributed by atoms with van der Waals surface area (Å²) in [5.41, 5.74) is 1.63. The lowest BCUT2D eigenvalue weighted by molar-refractivity contribution is 0.576. The largest absolute Gasteiger partial charge is 0.376 e. The summed E-state index contributed by atoms with van der Waals surface area (Å²) >= 11 is 6.04. The van der Waals surface area contributed by atoms with E-state index in [1.165, 1.54) is 0 Å². The molecule has 7 heteroatoms. The molecule has 22 heavy (non-hydrogen) atoms. The van der Waals surface area contributed by atoms with E-state index in [9.17, 15) is 8.42 Å². The fraction of sp³-hybridized carbons (Fsp3) is 0.400. The zero-order valence-electron chi connectivity index (χ0n) is 12.3. The molecule has 1 aromatic heterocycles. The van der Waals surface area contributed by atoms with E-state index in [1.54, 1.807) is 24.4 Å². The number of nitrogens with one attached hydrogen (secondary N) is 1. The molecular weight excluding hydrogens is 322 g/mol. The van der Waals surface area contributed by atoms with Crippen LogP contribution in [0.1, 0.15) is 31.4 Å². The van der Waals surface area contributed by atoms with E-state index in [0.29, 0.717) is 16.3 Å². The van der Waals surface area contributed by atoms with Crippen molar-refractivity contribution >= 4 is 27.1 Å². The van der Waals surface area contributed by atoms with Crippen molar-refractivity contribution < 1.29 is 8.42 Å². The number of anilines is 1. The van der Waals surface area contributed by atoms with Crippen molar-refractivity contribution in [3.8, 4) is 0 Å². The summed E-state index contributed by atoms with van der Waals surface area (Å²) in [4.78, 5) is 0.376. The molecule has 0 aliphatic carbocycles. The average Bonchev–Trinajstić information content (AvgIpc) is 2.90. The number of nitrogens with zero attached hydrogens (tertiary/aromatic N) is 2. The number of hydrogen-bond acceptors (Lipinski definition) is 4. The average molecular weight is 340 g/mol. The highest BCUT2D eigenvalue weighted by molar-refractivity contribution is 7.91. The highest BCUT2D eigenvalue weighted by atomic mass is 35.5. The van der Waals surface area contributed by atoms with Gasteiger partial charge in [0.25, 0.3) is 0 Å². The molecule has 2 heterocycles. The normalized spacial score (nSPS) is 19.6. The van der Waals surface area contributed by atoms with Crippen molar-refractivity contribution in [2.24, 2.45) is 0 Å². The number of rotatable bonds is 4. The number of aromatic nitrogens is 2. The third-order valence-corrected chi connectivity index (χ3v) is 5.83. The standard InChI is InChI=1S/C15H18ClN3O2S/c1-2-6-19-10-12(9-17-19)18-14-5-7-22(20,21)15-4-3-11(16)8-13(14)15/h3-4,8-10,14,18H,2,5-7H2,1H3/t14-/m0/s1. The Labute approximate surface area is 135 Å². The first-order chi connectivity index (χ1) is 10.5. The number of halogens is 1. The number of hydrogen-bond donors (Lipinski definition) is 1. The molecule has 1 aliphatic heterocycles. The number of sulfone groups is 1. The number of benzene rings is 1. The van der Waals surface area contributed by atoms with Crippen LogP contribution in [0.15, 0.2) is 35.5 Å². The zero-order chi connectivity index (χ0) is 15.7. The third kappa shape index (κ3) is 2.98. The van der Waals surface area contributed by atoms with Gasteiger partial charge in [-0.1, -0.05) is 18.5 Å². The van der Waals surface area contributed by atoms with Gasteiger partial charge in [0.2, 0.25) is 0 Å². The summed E-state index contributed by atoms with van der Waals surface area (Å²) in [5.74, 6) is 0.141. The van der Waals surface area contributed by atoms with Crippen molar-refractivity contribution in [2.45, 2.75) is 37.2 Å². The Balaban J connectivity index is 1.90. The van der Waals surface area contributed by atoms with E-state index in [1.807, 2.05) is 10.9 Å². The third-order valence-electron chi connectivity index (χ3n) is 3.78. The number of fused-ring (bicyclic) bond motifs is 1. The second kappa shape index (κ2) is 5.93. The first-order valence-electron chi connectivity index (χ1n) is 7.31. The maximum atomic E-state index is 12.2. The monoisotopic (exact) mass is 339 g/mol. The zero-order valence-corrected chi connectivity index (χ0v) is 13.9. The summed E-state index contributed by atoms with van der Waals surface area (Å²) < 4.78 is 26.2. The van der Waals surface area contributed by atoms with E-state index >= 15 is 0 Å². The maximum Gasteiger partial charge on any atom is 0.178 e. The summed E-state index contributed by atoms with van der Waals surface area (Å²) in [5, 5.41) is 8.20. The summed E-state index contributed by atoms with van der Waals surface area (Å²) in [6.45, 7) is 2.96. The first kappa shape index (κ1) is 15.4. The molecule has 0 unspecified atom stereocenters. The van der Waals surface area contributed by atoms with Crippen LogP contribution in [0.4, 0.5) is 5.69 Å². The van der Waals surface area contributed by atoms with Gasteiger partial charge in [0.15, 0.2) is 9.84 Å². The van der Waals surface area contributed by atoms with Crippen LogP contribution < -0.4 is 5.32 Å². The van der Waals surface area contributed by atoms with Crippen molar-refractivity contribution in [3.05, 3.63) is 41.2 Å². The van der Waals surface area contributed by atoms with E-state index in [2.05, 4.69) is 17.3 Å². The fourth-order valence-electron chi connectivity index (χ4n) is 2.75. The quantitative estimate of drug-likeness (QED) is 0.928. The van der Waals surface area contributed by atoms with Crippen LogP contribution in [-0.4, -0.2) is 24.0 Å². The van der Waals surface area contributed by atoms with Crippen molar-refractivity contribution in [2.75, 3.05) is 11.1 Å². The van der Waals surface area contributed by atoms with E-state index in [4.69, 9.17) is 11.6 Å². The van der Waals surface area contributed by atoms with E-state index < -0.39 is 9.84 Å². The minimum Gasteiger partial charge on any atom is -0.376 e. The Kier molecular flexibility index (Phi) is 4.14. The molecule has 0 fully saturated rings. The lowest BCUT2D eigenvalue weighted by Gasteiger charge is -2.26. The van der Waals surface area contributed by atoms with Crippen molar-refractivity contribution in [1.29, 1.82) is 0 Å². The lowest BCUT2D eigenvalue weighted by atomic mass is 10.0. The van der Waals surface area contributed by atoms with Crippen LogP contribution in [-0.2, 0) is 16.4 Å². The Morgan fingerprint density at radius 2 is 2.27 bits per heavy atom. The second-order valence-electron chi connectivity index (χ2n) is 5.48. The molecule has 2 aromatic rings. The van der Waals surface area contributed by atoms with Crippen molar-refractivity contribution in [3.63, 3.8) is 0 Å². The fourth-order valence-corrected chi connectivity index (χ4v) is 4.54. The predicted molar refractivity (Wildman–Crippen MR) is 87.0 cm³/mol. The van der Waals surface area contributed by atoms with Gasteiger partial charge in [0, 0.05) is 17.8 Å². The van der Waals surface area contributed by atoms with Gasteiger partial charge in [-0.05, 0) is 36.6 Å². The summed E-state index contributed by atoms with van der Waals surface area (Å²) in [6.07, 6.45) is 5.25. The van der Waals surface area contributed by atoms with Gasteiger partial charge >= 0.3 is 0 Å². The smallest absolute Gasteiger partial charge is 0.178 e. The van der Waals surface area contributed by atoms with Crippen LogP contribution in [0.2, 0.25) is 5.02 Å². The van der Waals surface area contributed by atoms with E-state index in [-0.39, 0.29) is 11.8 Å².